The number of alkyl halides is 1. The van der Waals surface area contributed by atoms with Gasteiger partial charge in [0.1, 0.15) is 5.82 Å². The Kier molecular flexibility index (Phi) is 4.43. The Labute approximate surface area is 135 Å². The minimum absolute atomic E-state index is 0.501. The van der Waals surface area contributed by atoms with E-state index in [2.05, 4.69) is 29.5 Å². The molecule has 5 heteroatoms. The zero-order chi connectivity index (χ0) is 15.0. The summed E-state index contributed by atoms with van der Waals surface area (Å²) in [6.45, 7) is 3.42. The molecule has 2 heterocycles. The van der Waals surface area contributed by atoms with Crippen LogP contribution in [0.1, 0.15) is 31.6 Å². The molecule has 3 rings (SSSR count). The van der Waals surface area contributed by atoms with E-state index in [4.69, 9.17) is 28.2 Å². The van der Waals surface area contributed by atoms with Crippen molar-refractivity contribution in [2.75, 3.05) is 19.5 Å². The quantitative estimate of drug-likeness (QED) is 0.791. The van der Waals surface area contributed by atoms with Gasteiger partial charge in [-0.05, 0) is 45.0 Å². The third-order valence-electron chi connectivity index (χ3n) is 4.59. The third kappa shape index (κ3) is 2.92. The number of piperidine rings is 1. The van der Waals surface area contributed by atoms with Gasteiger partial charge in [-0.15, -0.1) is 11.6 Å². The van der Waals surface area contributed by atoms with Crippen molar-refractivity contribution < 1.29 is 0 Å². The zero-order valence-electron chi connectivity index (χ0n) is 12.5. The van der Waals surface area contributed by atoms with Crippen LogP contribution in [0.5, 0.6) is 0 Å². The summed E-state index contributed by atoms with van der Waals surface area (Å²) in [7, 11) is 2.20. The molecule has 1 aromatic carbocycles. The van der Waals surface area contributed by atoms with Crippen molar-refractivity contribution in [3.8, 4) is 0 Å². The summed E-state index contributed by atoms with van der Waals surface area (Å²) in [6, 6.07) is 7.08. The summed E-state index contributed by atoms with van der Waals surface area (Å²) in [5, 5.41) is 0.737. The maximum Gasteiger partial charge on any atom is 0.111 e. The van der Waals surface area contributed by atoms with Crippen molar-refractivity contribution in [2.45, 2.75) is 38.3 Å². The van der Waals surface area contributed by atoms with E-state index in [9.17, 15) is 0 Å². The van der Waals surface area contributed by atoms with Crippen LogP contribution in [0.15, 0.2) is 18.2 Å². The molecular weight excluding hydrogens is 305 g/mol. The Morgan fingerprint density at radius 2 is 2.19 bits per heavy atom. The van der Waals surface area contributed by atoms with Crippen LogP contribution in [0.3, 0.4) is 0 Å². The lowest BCUT2D eigenvalue weighted by Crippen LogP contribution is -2.38. The van der Waals surface area contributed by atoms with Crippen LogP contribution in [0, 0.1) is 0 Å². The van der Waals surface area contributed by atoms with Gasteiger partial charge < -0.3 is 9.47 Å². The molecule has 0 aliphatic carbocycles. The normalized spacial score (nSPS) is 23.8. The smallest absolute Gasteiger partial charge is 0.111 e. The molecule has 21 heavy (non-hydrogen) atoms. The van der Waals surface area contributed by atoms with Gasteiger partial charge in [0, 0.05) is 36.0 Å². The van der Waals surface area contributed by atoms with Crippen molar-refractivity contribution in [1.29, 1.82) is 0 Å². The van der Waals surface area contributed by atoms with Gasteiger partial charge in [-0.25, -0.2) is 4.98 Å². The second-order valence-electron chi connectivity index (χ2n) is 5.98. The molecule has 1 aliphatic heterocycles. The highest BCUT2D eigenvalue weighted by molar-refractivity contribution is 6.31. The van der Waals surface area contributed by atoms with E-state index >= 15 is 0 Å². The summed E-state index contributed by atoms with van der Waals surface area (Å²) in [5.74, 6) is 1.68. The van der Waals surface area contributed by atoms with Gasteiger partial charge >= 0.3 is 0 Å². The van der Waals surface area contributed by atoms with E-state index in [1.807, 2.05) is 12.1 Å². The SMILES string of the molecule is CC1CC(n2c(CCCl)nc3cc(Cl)ccc32)CCN1C. The maximum atomic E-state index is 6.10. The largest absolute Gasteiger partial charge is 0.325 e. The van der Waals surface area contributed by atoms with E-state index in [1.165, 1.54) is 5.52 Å². The molecule has 0 amide bonds. The first-order chi connectivity index (χ1) is 10.1. The summed E-state index contributed by atoms with van der Waals surface area (Å²) in [6.07, 6.45) is 3.11. The molecule has 0 bridgehead atoms. The molecule has 1 aliphatic rings. The number of aryl methyl sites for hydroxylation is 1. The molecule has 2 unspecified atom stereocenters. The van der Waals surface area contributed by atoms with Crippen molar-refractivity contribution >= 4 is 34.2 Å². The van der Waals surface area contributed by atoms with Crippen LogP contribution >= 0.6 is 23.2 Å². The van der Waals surface area contributed by atoms with Crippen molar-refractivity contribution in [2.24, 2.45) is 0 Å². The summed E-state index contributed by atoms with van der Waals surface area (Å²) >= 11 is 12.1. The van der Waals surface area contributed by atoms with Gasteiger partial charge in [-0.2, -0.15) is 0 Å². The van der Waals surface area contributed by atoms with Crippen LogP contribution in [0.25, 0.3) is 11.0 Å². The van der Waals surface area contributed by atoms with E-state index in [0.29, 0.717) is 18.0 Å². The number of likely N-dealkylation sites (tertiary alicyclic amines) is 1. The first-order valence-electron chi connectivity index (χ1n) is 7.52. The molecule has 114 valence electrons. The number of nitrogens with zero attached hydrogens (tertiary/aromatic N) is 3. The van der Waals surface area contributed by atoms with E-state index in [0.717, 1.165) is 42.2 Å². The standard InChI is InChI=1S/C16H21Cl2N3/c1-11-9-13(6-8-20(11)2)21-15-4-3-12(18)10-14(15)19-16(21)5-7-17/h3-4,10-11,13H,5-9H2,1-2H3. The molecule has 1 aromatic heterocycles. The second kappa shape index (κ2) is 6.15. The predicted molar refractivity (Wildman–Crippen MR) is 89.5 cm³/mol. The predicted octanol–water partition coefficient (Wildman–Crippen LogP) is 4.13. The number of fused-ring (bicyclic) bond motifs is 1. The number of halogens is 2. The minimum atomic E-state index is 0.501. The second-order valence-corrected chi connectivity index (χ2v) is 6.79. The lowest BCUT2D eigenvalue weighted by atomic mass is 9.98. The summed E-state index contributed by atoms with van der Waals surface area (Å²) in [5.41, 5.74) is 2.16. The molecule has 2 aromatic rings. The Morgan fingerprint density at radius 1 is 1.38 bits per heavy atom. The Hall–Kier alpha value is -0.770. The molecular formula is C16H21Cl2N3. The average molecular weight is 326 g/mol. The molecule has 1 saturated heterocycles. The van der Waals surface area contributed by atoms with Crippen LogP contribution in [0.2, 0.25) is 5.02 Å². The van der Waals surface area contributed by atoms with Gasteiger partial charge in [-0.1, -0.05) is 11.6 Å². The number of benzene rings is 1. The summed E-state index contributed by atoms with van der Waals surface area (Å²) < 4.78 is 2.40. The zero-order valence-corrected chi connectivity index (χ0v) is 14.0. The van der Waals surface area contributed by atoms with Crippen molar-refractivity contribution in [3.05, 3.63) is 29.0 Å². The van der Waals surface area contributed by atoms with Crippen molar-refractivity contribution in [3.63, 3.8) is 0 Å². The average Bonchev–Trinajstić information content (AvgIpc) is 2.79. The lowest BCUT2D eigenvalue weighted by molar-refractivity contribution is 0.157. The first kappa shape index (κ1) is 15.1. The number of rotatable bonds is 3. The van der Waals surface area contributed by atoms with Crippen LogP contribution in [-0.2, 0) is 6.42 Å². The van der Waals surface area contributed by atoms with Gasteiger partial charge in [0.15, 0.2) is 0 Å². The van der Waals surface area contributed by atoms with Crippen molar-refractivity contribution in [1.82, 2.24) is 14.5 Å². The summed E-state index contributed by atoms with van der Waals surface area (Å²) in [4.78, 5) is 7.19. The van der Waals surface area contributed by atoms with E-state index in [1.54, 1.807) is 0 Å². The molecule has 2 atom stereocenters. The third-order valence-corrected chi connectivity index (χ3v) is 5.01. The Balaban J connectivity index is 2.04. The fourth-order valence-corrected chi connectivity index (χ4v) is 3.62. The van der Waals surface area contributed by atoms with E-state index in [-0.39, 0.29) is 0 Å². The number of aromatic nitrogens is 2. The lowest BCUT2D eigenvalue weighted by Gasteiger charge is -2.36. The topological polar surface area (TPSA) is 21.1 Å². The fraction of sp³-hybridized carbons (Fsp3) is 0.562. The van der Waals surface area contributed by atoms with Crippen LogP contribution in [-0.4, -0.2) is 40.0 Å². The molecule has 0 radical (unpaired) electrons. The Morgan fingerprint density at radius 3 is 2.90 bits per heavy atom. The molecule has 3 nitrogen and oxygen atoms in total. The molecule has 0 N–H and O–H groups in total. The highest BCUT2D eigenvalue weighted by atomic mass is 35.5. The Bertz CT molecular complexity index is 638. The molecule has 0 saturated carbocycles. The van der Waals surface area contributed by atoms with Gasteiger partial charge in [-0.3, -0.25) is 0 Å². The minimum Gasteiger partial charge on any atom is -0.325 e. The van der Waals surface area contributed by atoms with Gasteiger partial charge in [0.05, 0.1) is 11.0 Å². The first-order valence-corrected chi connectivity index (χ1v) is 8.44. The fourth-order valence-electron chi connectivity index (χ4n) is 3.29. The van der Waals surface area contributed by atoms with Gasteiger partial charge in [0.2, 0.25) is 0 Å². The number of imidazole rings is 1. The van der Waals surface area contributed by atoms with Crippen LogP contribution in [0.4, 0.5) is 0 Å². The van der Waals surface area contributed by atoms with Crippen LogP contribution < -0.4 is 0 Å². The molecule has 1 fully saturated rings. The maximum absolute atomic E-state index is 6.10. The van der Waals surface area contributed by atoms with Gasteiger partial charge in [0.25, 0.3) is 0 Å². The highest BCUT2D eigenvalue weighted by Gasteiger charge is 2.27. The van der Waals surface area contributed by atoms with E-state index < -0.39 is 0 Å². The number of hydrogen-bond acceptors (Lipinski definition) is 2. The number of hydrogen-bond donors (Lipinski definition) is 0. The monoisotopic (exact) mass is 325 g/mol. The highest BCUT2D eigenvalue weighted by Crippen LogP contribution is 2.32. The molecule has 0 spiro atoms.